The molecule has 1 saturated heterocycles. The van der Waals surface area contributed by atoms with Gasteiger partial charge in [-0.15, -0.1) is 0 Å². The monoisotopic (exact) mass is 283 g/mol. The first-order valence-corrected chi connectivity index (χ1v) is 6.35. The zero-order valence-corrected chi connectivity index (χ0v) is 11.0. The number of benzene rings is 1. The summed E-state index contributed by atoms with van der Waals surface area (Å²) in [7, 11) is 0. The SMILES string of the molecule is N/C(=N/O)c1cc(F)ccc1CN1CCOC(CO)C1. The van der Waals surface area contributed by atoms with Crippen molar-refractivity contribution in [1.29, 1.82) is 0 Å². The molecule has 1 unspecified atom stereocenters. The zero-order chi connectivity index (χ0) is 14.5. The molecule has 1 aliphatic rings. The molecule has 0 aliphatic carbocycles. The van der Waals surface area contributed by atoms with Crippen LogP contribution in [-0.4, -0.2) is 53.5 Å². The number of aliphatic hydroxyl groups excluding tert-OH is 1. The van der Waals surface area contributed by atoms with E-state index in [-0.39, 0.29) is 18.5 Å². The maximum atomic E-state index is 13.3. The van der Waals surface area contributed by atoms with E-state index in [9.17, 15) is 4.39 Å². The van der Waals surface area contributed by atoms with Gasteiger partial charge in [0.1, 0.15) is 5.82 Å². The van der Waals surface area contributed by atoms with Crippen LogP contribution in [0.3, 0.4) is 0 Å². The quantitative estimate of drug-likeness (QED) is 0.316. The van der Waals surface area contributed by atoms with Crippen LogP contribution in [-0.2, 0) is 11.3 Å². The number of ether oxygens (including phenoxy) is 1. The molecule has 0 amide bonds. The highest BCUT2D eigenvalue weighted by atomic mass is 19.1. The van der Waals surface area contributed by atoms with Crippen LogP contribution in [0.5, 0.6) is 0 Å². The molecule has 1 heterocycles. The normalized spacial score (nSPS) is 21.1. The average Bonchev–Trinajstić information content (AvgIpc) is 2.48. The van der Waals surface area contributed by atoms with Crippen LogP contribution in [0.15, 0.2) is 23.4 Å². The fraction of sp³-hybridized carbons (Fsp3) is 0.462. The Bertz CT molecular complexity index is 496. The molecular weight excluding hydrogens is 265 g/mol. The lowest BCUT2D eigenvalue weighted by Gasteiger charge is -2.32. The Labute approximate surface area is 116 Å². The lowest BCUT2D eigenvalue weighted by molar-refractivity contribution is -0.0551. The minimum absolute atomic E-state index is 0.0347. The van der Waals surface area contributed by atoms with E-state index >= 15 is 0 Å². The predicted octanol–water partition coefficient (Wildman–Crippen LogP) is 0.113. The second-order valence-corrected chi connectivity index (χ2v) is 4.70. The Balaban J connectivity index is 2.16. The Kier molecular flexibility index (Phi) is 4.89. The van der Waals surface area contributed by atoms with E-state index in [2.05, 4.69) is 10.1 Å². The minimum Gasteiger partial charge on any atom is -0.409 e. The van der Waals surface area contributed by atoms with Gasteiger partial charge in [-0.1, -0.05) is 11.2 Å². The third-order valence-electron chi connectivity index (χ3n) is 3.28. The van der Waals surface area contributed by atoms with Crippen molar-refractivity contribution in [3.63, 3.8) is 0 Å². The van der Waals surface area contributed by atoms with Gasteiger partial charge in [-0.3, -0.25) is 4.90 Å². The molecule has 0 spiro atoms. The van der Waals surface area contributed by atoms with Gasteiger partial charge in [0.2, 0.25) is 0 Å². The number of morpholine rings is 1. The highest BCUT2D eigenvalue weighted by Crippen LogP contribution is 2.16. The van der Waals surface area contributed by atoms with Gasteiger partial charge in [0.25, 0.3) is 0 Å². The van der Waals surface area contributed by atoms with E-state index in [1.807, 2.05) is 0 Å². The summed E-state index contributed by atoms with van der Waals surface area (Å²) < 4.78 is 18.7. The van der Waals surface area contributed by atoms with Crippen molar-refractivity contribution in [3.8, 4) is 0 Å². The molecule has 0 saturated carbocycles. The topological polar surface area (TPSA) is 91.3 Å². The summed E-state index contributed by atoms with van der Waals surface area (Å²) in [4.78, 5) is 2.08. The van der Waals surface area contributed by atoms with Crippen LogP contribution >= 0.6 is 0 Å². The number of hydrogen-bond acceptors (Lipinski definition) is 5. The predicted molar refractivity (Wildman–Crippen MR) is 71.0 cm³/mol. The van der Waals surface area contributed by atoms with Crippen molar-refractivity contribution >= 4 is 5.84 Å². The molecule has 0 bridgehead atoms. The molecule has 1 aliphatic heterocycles. The number of amidine groups is 1. The molecule has 20 heavy (non-hydrogen) atoms. The Morgan fingerprint density at radius 1 is 1.55 bits per heavy atom. The summed E-state index contributed by atoms with van der Waals surface area (Å²) in [5.41, 5.74) is 6.71. The van der Waals surface area contributed by atoms with Gasteiger partial charge in [0.15, 0.2) is 5.84 Å². The van der Waals surface area contributed by atoms with Gasteiger partial charge in [-0.05, 0) is 17.7 Å². The lowest BCUT2D eigenvalue weighted by Crippen LogP contribution is -2.43. The molecule has 110 valence electrons. The average molecular weight is 283 g/mol. The highest BCUT2D eigenvalue weighted by molar-refractivity contribution is 5.98. The first kappa shape index (κ1) is 14.7. The maximum Gasteiger partial charge on any atom is 0.170 e. The lowest BCUT2D eigenvalue weighted by atomic mass is 10.1. The third-order valence-corrected chi connectivity index (χ3v) is 3.28. The maximum absolute atomic E-state index is 13.3. The van der Waals surface area contributed by atoms with E-state index < -0.39 is 5.82 Å². The Hall–Kier alpha value is -1.70. The smallest absolute Gasteiger partial charge is 0.170 e. The van der Waals surface area contributed by atoms with Crippen molar-refractivity contribution in [2.24, 2.45) is 10.9 Å². The number of rotatable bonds is 4. The van der Waals surface area contributed by atoms with Crippen LogP contribution in [0.25, 0.3) is 0 Å². The number of aliphatic hydroxyl groups is 1. The van der Waals surface area contributed by atoms with E-state index in [1.54, 1.807) is 6.07 Å². The summed E-state index contributed by atoms with van der Waals surface area (Å²) in [6.07, 6.45) is -0.212. The van der Waals surface area contributed by atoms with Crippen molar-refractivity contribution in [2.45, 2.75) is 12.6 Å². The van der Waals surface area contributed by atoms with Gasteiger partial charge in [0.05, 0.1) is 19.3 Å². The van der Waals surface area contributed by atoms with Crippen molar-refractivity contribution < 1.29 is 19.4 Å². The molecule has 1 atom stereocenters. The Morgan fingerprint density at radius 3 is 3.05 bits per heavy atom. The van der Waals surface area contributed by atoms with Gasteiger partial charge in [-0.2, -0.15) is 0 Å². The molecule has 6 nitrogen and oxygen atoms in total. The first-order valence-electron chi connectivity index (χ1n) is 6.35. The molecular formula is C13H18FN3O3. The highest BCUT2D eigenvalue weighted by Gasteiger charge is 2.21. The summed E-state index contributed by atoms with van der Waals surface area (Å²) >= 11 is 0. The van der Waals surface area contributed by atoms with Crippen molar-refractivity contribution in [3.05, 3.63) is 35.1 Å². The third kappa shape index (κ3) is 3.44. The van der Waals surface area contributed by atoms with E-state index in [1.165, 1.54) is 12.1 Å². The van der Waals surface area contributed by atoms with Crippen molar-refractivity contribution in [2.75, 3.05) is 26.3 Å². The molecule has 0 aromatic heterocycles. The van der Waals surface area contributed by atoms with Crippen LogP contribution in [0, 0.1) is 5.82 Å². The Morgan fingerprint density at radius 2 is 2.35 bits per heavy atom. The number of nitrogens with two attached hydrogens (primary N) is 1. The van der Waals surface area contributed by atoms with Gasteiger partial charge >= 0.3 is 0 Å². The standard InChI is InChI=1S/C13H18FN3O3/c14-10-2-1-9(12(5-10)13(15)16-19)6-17-3-4-20-11(7-17)8-18/h1-2,5,11,18-19H,3-4,6-8H2,(H2,15,16). The summed E-state index contributed by atoms with van der Waals surface area (Å²) in [6, 6.07) is 4.20. The van der Waals surface area contributed by atoms with E-state index in [0.717, 1.165) is 5.56 Å². The second kappa shape index (κ2) is 6.65. The molecule has 7 heteroatoms. The number of halogens is 1. The first-order chi connectivity index (χ1) is 9.63. The molecule has 4 N–H and O–H groups in total. The van der Waals surface area contributed by atoms with Crippen LogP contribution in [0.4, 0.5) is 4.39 Å². The van der Waals surface area contributed by atoms with Gasteiger partial charge in [-0.25, -0.2) is 4.39 Å². The summed E-state index contributed by atoms with van der Waals surface area (Å²) in [5, 5.41) is 20.8. The second-order valence-electron chi connectivity index (χ2n) is 4.70. The number of hydrogen-bond donors (Lipinski definition) is 3. The van der Waals surface area contributed by atoms with Gasteiger partial charge < -0.3 is 20.8 Å². The van der Waals surface area contributed by atoms with Gasteiger partial charge in [0, 0.05) is 25.2 Å². The number of oxime groups is 1. The molecule has 0 radical (unpaired) electrons. The summed E-state index contributed by atoms with van der Waals surface area (Å²) in [6.45, 7) is 2.32. The molecule has 1 aromatic carbocycles. The largest absolute Gasteiger partial charge is 0.409 e. The van der Waals surface area contributed by atoms with Crippen LogP contribution in [0.2, 0.25) is 0 Å². The van der Waals surface area contributed by atoms with Crippen molar-refractivity contribution in [1.82, 2.24) is 4.90 Å². The van der Waals surface area contributed by atoms with Crippen LogP contribution < -0.4 is 5.73 Å². The van der Waals surface area contributed by atoms with E-state index in [0.29, 0.717) is 31.8 Å². The summed E-state index contributed by atoms with van der Waals surface area (Å²) in [5.74, 6) is -0.558. The number of nitrogens with zero attached hydrogens (tertiary/aromatic N) is 2. The fourth-order valence-corrected chi connectivity index (χ4v) is 2.25. The fourth-order valence-electron chi connectivity index (χ4n) is 2.25. The molecule has 2 rings (SSSR count). The molecule has 1 fully saturated rings. The zero-order valence-electron chi connectivity index (χ0n) is 11.0. The molecule has 1 aromatic rings. The van der Waals surface area contributed by atoms with E-state index in [4.69, 9.17) is 20.8 Å². The van der Waals surface area contributed by atoms with Crippen LogP contribution in [0.1, 0.15) is 11.1 Å². The minimum atomic E-state index is -0.439.